The molecule has 1 aliphatic heterocycles. The van der Waals surface area contributed by atoms with Gasteiger partial charge in [0.25, 0.3) is 0 Å². The quantitative estimate of drug-likeness (QED) is 0.883. The van der Waals surface area contributed by atoms with Gasteiger partial charge in [0.1, 0.15) is 13.2 Å². The summed E-state index contributed by atoms with van der Waals surface area (Å²) in [4.78, 5) is 11.9. The van der Waals surface area contributed by atoms with Crippen molar-refractivity contribution in [1.29, 1.82) is 0 Å². The van der Waals surface area contributed by atoms with Crippen molar-refractivity contribution < 1.29 is 14.3 Å². The maximum absolute atomic E-state index is 11.9. The third kappa shape index (κ3) is 3.47. The molecule has 22 heavy (non-hydrogen) atoms. The summed E-state index contributed by atoms with van der Waals surface area (Å²) in [5, 5.41) is 2.83. The van der Waals surface area contributed by atoms with Gasteiger partial charge in [0, 0.05) is 11.8 Å². The first-order valence-corrected chi connectivity index (χ1v) is 7.16. The molecule has 0 aromatic heterocycles. The molecule has 1 amide bonds. The fourth-order valence-corrected chi connectivity index (χ4v) is 2.24. The molecule has 0 unspecified atom stereocenters. The fraction of sp³-hybridized carbons (Fsp3) is 0.167. The topological polar surface area (TPSA) is 47.6 Å². The first-order valence-electron chi connectivity index (χ1n) is 7.16. The van der Waals surface area contributed by atoms with Gasteiger partial charge in [-0.1, -0.05) is 18.2 Å². The van der Waals surface area contributed by atoms with Crippen LogP contribution in [0.15, 0.2) is 48.5 Å². The number of hydrogen-bond donors (Lipinski definition) is 1. The van der Waals surface area contributed by atoms with Crippen molar-refractivity contribution in [2.24, 2.45) is 0 Å². The number of aryl methyl sites for hydroxylation is 1. The highest BCUT2D eigenvalue weighted by atomic mass is 16.6. The van der Waals surface area contributed by atoms with Crippen LogP contribution in [0.2, 0.25) is 0 Å². The van der Waals surface area contributed by atoms with Crippen LogP contribution in [0.5, 0.6) is 11.5 Å². The number of carbonyl (C=O) groups is 1. The van der Waals surface area contributed by atoms with Crippen LogP contribution in [0, 0.1) is 6.92 Å². The smallest absolute Gasteiger partial charge is 0.248 e. The molecular weight excluding hydrogens is 278 g/mol. The molecule has 0 fully saturated rings. The van der Waals surface area contributed by atoms with Gasteiger partial charge in [-0.2, -0.15) is 0 Å². The van der Waals surface area contributed by atoms with E-state index in [1.807, 2.05) is 49.4 Å². The van der Waals surface area contributed by atoms with E-state index in [2.05, 4.69) is 5.32 Å². The second kappa shape index (κ2) is 6.35. The zero-order valence-corrected chi connectivity index (χ0v) is 12.3. The van der Waals surface area contributed by atoms with Crippen molar-refractivity contribution >= 4 is 17.7 Å². The molecule has 1 heterocycles. The van der Waals surface area contributed by atoms with E-state index >= 15 is 0 Å². The molecule has 1 aliphatic rings. The zero-order chi connectivity index (χ0) is 15.4. The highest BCUT2D eigenvalue weighted by molar-refractivity contribution is 6.02. The lowest BCUT2D eigenvalue weighted by atomic mass is 10.1. The van der Waals surface area contributed by atoms with Crippen LogP contribution in [0.1, 0.15) is 11.1 Å². The van der Waals surface area contributed by atoms with Gasteiger partial charge in [-0.25, -0.2) is 0 Å². The lowest BCUT2D eigenvalue weighted by Gasteiger charge is -2.18. The van der Waals surface area contributed by atoms with Gasteiger partial charge < -0.3 is 14.8 Å². The largest absolute Gasteiger partial charge is 0.486 e. The van der Waals surface area contributed by atoms with Crippen LogP contribution >= 0.6 is 0 Å². The van der Waals surface area contributed by atoms with Gasteiger partial charge in [-0.15, -0.1) is 0 Å². The van der Waals surface area contributed by atoms with Crippen LogP contribution in [0.4, 0.5) is 5.69 Å². The van der Waals surface area contributed by atoms with Gasteiger partial charge in [-0.05, 0) is 48.4 Å². The van der Waals surface area contributed by atoms with Crippen molar-refractivity contribution in [3.8, 4) is 11.5 Å². The SMILES string of the molecule is Cc1cccc(NC(=O)/C=C/c2ccc3c(c2)OCCO3)c1. The van der Waals surface area contributed by atoms with E-state index < -0.39 is 0 Å². The Hall–Kier alpha value is -2.75. The summed E-state index contributed by atoms with van der Waals surface area (Å²) in [6, 6.07) is 13.3. The second-order valence-corrected chi connectivity index (χ2v) is 5.10. The molecule has 3 rings (SSSR count). The van der Waals surface area contributed by atoms with Gasteiger partial charge in [-0.3, -0.25) is 4.79 Å². The zero-order valence-electron chi connectivity index (χ0n) is 12.3. The summed E-state index contributed by atoms with van der Waals surface area (Å²) in [6.07, 6.45) is 3.26. The van der Waals surface area contributed by atoms with E-state index in [0.717, 1.165) is 22.6 Å². The molecule has 0 aliphatic carbocycles. The predicted octanol–water partition coefficient (Wildman–Crippen LogP) is 3.42. The number of benzene rings is 2. The van der Waals surface area contributed by atoms with Gasteiger partial charge in [0.05, 0.1) is 0 Å². The Kier molecular flexibility index (Phi) is 4.10. The Morgan fingerprint density at radius 2 is 1.91 bits per heavy atom. The minimum atomic E-state index is -0.166. The third-order valence-electron chi connectivity index (χ3n) is 3.28. The minimum absolute atomic E-state index is 0.166. The number of anilines is 1. The first kappa shape index (κ1) is 14.2. The van der Waals surface area contributed by atoms with Crippen LogP contribution in [0.25, 0.3) is 6.08 Å². The highest BCUT2D eigenvalue weighted by Crippen LogP contribution is 2.31. The summed E-state index contributed by atoms with van der Waals surface area (Å²) in [5.41, 5.74) is 2.79. The number of fused-ring (bicyclic) bond motifs is 1. The van der Waals surface area contributed by atoms with E-state index in [1.54, 1.807) is 6.08 Å². The van der Waals surface area contributed by atoms with E-state index in [9.17, 15) is 4.79 Å². The third-order valence-corrected chi connectivity index (χ3v) is 3.28. The molecule has 0 saturated carbocycles. The summed E-state index contributed by atoms with van der Waals surface area (Å²) in [6.45, 7) is 3.11. The van der Waals surface area contributed by atoms with Crippen molar-refractivity contribution in [3.63, 3.8) is 0 Å². The summed E-state index contributed by atoms with van der Waals surface area (Å²) in [5.74, 6) is 1.29. The Bertz CT molecular complexity index is 722. The Morgan fingerprint density at radius 3 is 2.73 bits per heavy atom. The number of amides is 1. The first-order chi connectivity index (χ1) is 10.7. The number of carbonyl (C=O) groups excluding carboxylic acids is 1. The molecule has 4 nitrogen and oxygen atoms in total. The monoisotopic (exact) mass is 295 g/mol. The second-order valence-electron chi connectivity index (χ2n) is 5.10. The molecular formula is C18H17NO3. The number of hydrogen-bond acceptors (Lipinski definition) is 3. The summed E-state index contributed by atoms with van der Waals surface area (Å²) < 4.78 is 11.0. The molecule has 2 aromatic rings. The average Bonchev–Trinajstić information content (AvgIpc) is 2.53. The van der Waals surface area contributed by atoms with E-state index in [-0.39, 0.29) is 5.91 Å². The van der Waals surface area contributed by atoms with Crippen LogP contribution < -0.4 is 14.8 Å². The fourth-order valence-electron chi connectivity index (χ4n) is 2.24. The van der Waals surface area contributed by atoms with Gasteiger partial charge in [0.2, 0.25) is 5.91 Å². The van der Waals surface area contributed by atoms with E-state index in [1.165, 1.54) is 6.08 Å². The van der Waals surface area contributed by atoms with Gasteiger partial charge >= 0.3 is 0 Å². The minimum Gasteiger partial charge on any atom is -0.486 e. The molecule has 1 N–H and O–H groups in total. The van der Waals surface area contributed by atoms with Crippen molar-refractivity contribution in [2.75, 3.05) is 18.5 Å². The predicted molar refractivity (Wildman–Crippen MR) is 86.3 cm³/mol. The van der Waals surface area contributed by atoms with E-state index in [0.29, 0.717) is 19.0 Å². The van der Waals surface area contributed by atoms with Crippen molar-refractivity contribution in [2.45, 2.75) is 6.92 Å². The van der Waals surface area contributed by atoms with Crippen molar-refractivity contribution in [1.82, 2.24) is 0 Å². The van der Waals surface area contributed by atoms with E-state index in [4.69, 9.17) is 9.47 Å². The Morgan fingerprint density at radius 1 is 1.09 bits per heavy atom. The lowest BCUT2D eigenvalue weighted by molar-refractivity contribution is -0.111. The molecule has 4 heteroatoms. The molecule has 0 saturated heterocycles. The maximum atomic E-state index is 11.9. The summed E-state index contributed by atoms with van der Waals surface area (Å²) in [7, 11) is 0. The molecule has 0 atom stereocenters. The Balaban J connectivity index is 1.67. The molecule has 0 spiro atoms. The van der Waals surface area contributed by atoms with Crippen LogP contribution in [-0.2, 0) is 4.79 Å². The number of ether oxygens (including phenoxy) is 2. The normalized spacial score (nSPS) is 13.1. The van der Waals surface area contributed by atoms with Crippen LogP contribution in [-0.4, -0.2) is 19.1 Å². The van der Waals surface area contributed by atoms with Gasteiger partial charge in [0.15, 0.2) is 11.5 Å². The molecule has 0 bridgehead atoms. The molecule has 0 radical (unpaired) electrons. The average molecular weight is 295 g/mol. The molecule has 2 aromatic carbocycles. The summed E-state index contributed by atoms with van der Waals surface area (Å²) >= 11 is 0. The number of rotatable bonds is 3. The number of nitrogens with one attached hydrogen (secondary N) is 1. The molecule has 112 valence electrons. The van der Waals surface area contributed by atoms with Crippen LogP contribution in [0.3, 0.4) is 0 Å². The lowest BCUT2D eigenvalue weighted by Crippen LogP contribution is -2.15. The highest BCUT2D eigenvalue weighted by Gasteiger charge is 2.10. The van der Waals surface area contributed by atoms with Crippen molar-refractivity contribution in [3.05, 3.63) is 59.7 Å². The standard InChI is InChI=1S/C18H17NO3/c1-13-3-2-4-15(11-13)19-18(20)8-6-14-5-7-16-17(12-14)22-10-9-21-16/h2-8,11-12H,9-10H2,1H3,(H,19,20)/b8-6+. The maximum Gasteiger partial charge on any atom is 0.248 e. The Labute approximate surface area is 129 Å².